The van der Waals surface area contributed by atoms with Crippen LogP contribution in [-0.2, 0) is 6.54 Å². The lowest BCUT2D eigenvalue weighted by molar-refractivity contribution is 0.415. The number of hydrogen-bond donors (Lipinski definition) is 0. The number of halogens is 1. The highest BCUT2D eigenvalue weighted by Gasteiger charge is 2.13. The lowest BCUT2D eigenvalue weighted by Crippen LogP contribution is -2.04. The Hall–Kier alpha value is -3.60. The molecule has 0 saturated carbocycles. The zero-order valence-electron chi connectivity index (χ0n) is 16.3. The summed E-state index contributed by atoms with van der Waals surface area (Å²) in [5.41, 5.74) is 4.51. The molecule has 5 heteroatoms. The predicted octanol–water partition coefficient (Wildman–Crippen LogP) is 5.42. The summed E-state index contributed by atoms with van der Waals surface area (Å²) in [7, 11) is 3.29. The van der Waals surface area contributed by atoms with E-state index in [-0.39, 0.29) is 5.82 Å². The lowest BCUT2D eigenvalue weighted by atomic mass is 10.1. The largest absolute Gasteiger partial charge is 0.497 e. The molecule has 4 rings (SSSR count). The zero-order chi connectivity index (χ0) is 20.2. The van der Waals surface area contributed by atoms with Crippen LogP contribution in [0.25, 0.3) is 22.5 Å². The van der Waals surface area contributed by atoms with Gasteiger partial charge in [-0.05, 0) is 48.0 Å². The highest BCUT2D eigenvalue weighted by atomic mass is 19.1. The van der Waals surface area contributed by atoms with Crippen molar-refractivity contribution in [1.29, 1.82) is 0 Å². The Kier molecular flexibility index (Phi) is 5.29. The Labute approximate surface area is 169 Å². The molecule has 0 N–H and O–H groups in total. The molecule has 0 radical (unpaired) electrons. The van der Waals surface area contributed by atoms with Crippen LogP contribution in [0.2, 0.25) is 0 Å². The standard InChI is InChI=1S/C24H21FN2O2/c1-28-21-10-4-7-18(13-21)23-15-24(19-8-5-11-22(14-19)29-2)27(26-23)16-17-6-3-9-20(25)12-17/h3-15H,16H2,1-2H3. The molecule has 0 aliphatic rings. The maximum absolute atomic E-state index is 13.7. The van der Waals surface area contributed by atoms with Gasteiger partial charge in [0.25, 0.3) is 0 Å². The van der Waals surface area contributed by atoms with Crippen molar-refractivity contribution >= 4 is 0 Å². The molecule has 3 aromatic carbocycles. The Morgan fingerprint density at radius 1 is 0.793 bits per heavy atom. The van der Waals surface area contributed by atoms with Gasteiger partial charge in [0.15, 0.2) is 0 Å². The second-order valence-electron chi connectivity index (χ2n) is 6.67. The molecule has 0 fully saturated rings. The van der Waals surface area contributed by atoms with Gasteiger partial charge in [-0.15, -0.1) is 0 Å². The van der Waals surface area contributed by atoms with E-state index < -0.39 is 0 Å². The molecule has 0 unspecified atom stereocenters. The molecule has 4 nitrogen and oxygen atoms in total. The molecular weight excluding hydrogens is 367 g/mol. The van der Waals surface area contributed by atoms with E-state index in [1.54, 1.807) is 20.3 Å². The molecule has 4 aromatic rings. The van der Waals surface area contributed by atoms with Gasteiger partial charge >= 0.3 is 0 Å². The van der Waals surface area contributed by atoms with Crippen molar-refractivity contribution in [2.75, 3.05) is 14.2 Å². The zero-order valence-corrected chi connectivity index (χ0v) is 16.3. The van der Waals surface area contributed by atoms with Crippen LogP contribution in [0.4, 0.5) is 4.39 Å². The van der Waals surface area contributed by atoms with Gasteiger partial charge in [-0.25, -0.2) is 4.39 Å². The summed E-state index contributed by atoms with van der Waals surface area (Å²) in [6.45, 7) is 0.453. The predicted molar refractivity (Wildman–Crippen MR) is 112 cm³/mol. The third-order valence-corrected chi connectivity index (χ3v) is 4.73. The molecule has 1 aromatic heterocycles. The van der Waals surface area contributed by atoms with E-state index in [0.717, 1.165) is 39.6 Å². The Morgan fingerprint density at radius 2 is 1.45 bits per heavy atom. The minimum atomic E-state index is -0.259. The van der Waals surface area contributed by atoms with Gasteiger partial charge in [0.05, 0.1) is 32.2 Å². The molecule has 146 valence electrons. The first-order chi connectivity index (χ1) is 14.2. The molecule has 0 aliphatic heterocycles. The van der Waals surface area contributed by atoms with Gasteiger partial charge in [-0.2, -0.15) is 5.10 Å². The second-order valence-corrected chi connectivity index (χ2v) is 6.67. The van der Waals surface area contributed by atoms with Crippen LogP contribution in [0.5, 0.6) is 11.5 Å². The van der Waals surface area contributed by atoms with E-state index in [1.807, 2.05) is 65.3 Å². The number of methoxy groups -OCH3 is 2. The number of aromatic nitrogens is 2. The lowest BCUT2D eigenvalue weighted by Gasteiger charge is -2.09. The summed E-state index contributed by atoms with van der Waals surface area (Å²) in [4.78, 5) is 0. The van der Waals surface area contributed by atoms with Gasteiger partial charge in [0.2, 0.25) is 0 Å². The van der Waals surface area contributed by atoms with Gasteiger partial charge in [-0.3, -0.25) is 4.68 Å². The van der Waals surface area contributed by atoms with Crippen molar-refractivity contribution in [3.05, 3.63) is 90.2 Å². The Morgan fingerprint density at radius 3 is 2.14 bits per heavy atom. The van der Waals surface area contributed by atoms with E-state index in [1.165, 1.54) is 12.1 Å². The van der Waals surface area contributed by atoms with Crippen molar-refractivity contribution in [2.24, 2.45) is 0 Å². The maximum Gasteiger partial charge on any atom is 0.123 e. The Bertz CT molecular complexity index is 1140. The van der Waals surface area contributed by atoms with Crippen molar-refractivity contribution in [2.45, 2.75) is 6.54 Å². The van der Waals surface area contributed by atoms with Crippen molar-refractivity contribution in [1.82, 2.24) is 9.78 Å². The van der Waals surface area contributed by atoms with Crippen LogP contribution in [0, 0.1) is 5.82 Å². The number of hydrogen-bond acceptors (Lipinski definition) is 3. The SMILES string of the molecule is COc1cccc(-c2cc(-c3cccc(OC)c3)n(Cc3cccc(F)c3)n2)c1. The second kappa shape index (κ2) is 8.19. The molecule has 0 atom stereocenters. The molecule has 0 spiro atoms. The summed E-state index contributed by atoms with van der Waals surface area (Å²) in [6, 6.07) is 24.2. The number of rotatable bonds is 6. The summed E-state index contributed by atoms with van der Waals surface area (Å²) in [5, 5.41) is 4.81. The monoisotopic (exact) mass is 388 g/mol. The Balaban J connectivity index is 1.81. The fourth-order valence-electron chi connectivity index (χ4n) is 3.28. The number of nitrogens with zero attached hydrogens (tertiary/aromatic N) is 2. The van der Waals surface area contributed by atoms with E-state index in [2.05, 4.69) is 0 Å². The summed E-state index contributed by atoms with van der Waals surface area (Å²) in [6.07, 6.45) is 0. The summed E-state index contributed by atoms with van der Waals surface area (Å²) < 4.78 is 26.3. The quantitative estimate of drug-likeness (QED) is 0.442. The van der Waals surface area contributed by atoms with Crippen LogP contribution in [0.15, 0.2) is 78.9 Å². The van der Waals surface area contributed by atoms with Crippen LogP contribution < -0.4 is 9.47 Å². The van der Waals surface area contributed by atoms with E-state index in [9.17, 15) is 4.39 Å². The molecule has 0 aliphatic carbocycles. The third kappa shape index (κ3) is 4.14. The highest BCUT2D eigenvalue weighted by Crippen LogP contribution is 2.30. The summed E-state index contributed by atoms with van der Waals surface area (Å²) in [5.74, 6) is 1.28. The maximum atomic E-state index is 13.7. The smallest absolute Gasteiger partial charge is 0.123 e. The van der Waals surface area contributed by atoms with Crippen LogP contribution >= 0.6 is 0 Å². The summed E-state index contributed by atoms with van der Waals surface area (Å²) >= 11 is 0. The van der Waals surface area contributed by atoms with E-state index in [0.29, 0.717) is 6.54 Å². The minimum absolute atomic E-state index is 0.259. The van der Waals surface area contributed by atoms with Crippen LogP contribution in [0.3, 0.4) is 0 Å². The molecule has 29 heavy (non-hydrogen) atoms. The molecular formula is C24H21FN2O2. The number of ether oxygens (including phenoxy) is 2. The molecule has 1 heterocycles. The normalized spacial score (nSPS) is 10.7. The van der Waals surface area contributed by atoms with Gasteiger partial charge in [-0.1, -0.05) is 36.4 Å². The highest BCUT2D eigenvalue weighted by molar-refractivity contribution is 5.70. The van der Waals surface area contributed by atoms with Gasteiger partial charge < -0.3 is 9.47 Å². The van der Waals surface area contributed by atoms with Crippen LogP contribution in [0.1, 0.15) is 5.56 Å². The van der Waals surface area contributed by atoms with Crippen molar-refractivity contribution < 1.29 is 13.9 Å². The average molecular weight is 388 g/mol. The molecule has 0 saturated heterocycles. The average Bonchev–Trinajstić information content (AvgIpc) is 3.17. The third-order valence-electron chi connectivity index (χ3n) is 4.73. The minimum Gasteiger partial charge on any atom is -0.497 e. The molecule has 0 amide bonds. The van der Waals surface area contributed by atoms with Gasteiger partial charge in [0.1, 0.15) is 17.3 Å². The first-order valence-corrected chi connectivity index (χ1v) is 9.27. The first-order valence-electron chi connectivity index (χ1n) is 9.27. The first kappa shape index (κ1) is 18.7. The molecule has 0 bridgehead atoms. The fourth-order valence-corrected chi connectivity index (χ4v) is 3.28. The van der Waals surface area contributed by atoms with E-state index >= 15 is 0 Å². The van der Waals surface area contributed by atoms with Gasteiger partial charge in [0, 0.05) is 11.1 Å². The van der Waals surface area contributed by atoms with Crippen molar-refractivity contribution in [3.8, 4) is 34.0 Å². The van der Waals surface area contributed by atoms with Crippen LogP contribution in [-0.4, -0.2) is 24.0 Å². The fraction of sp³-hybridized carbons (Fsp3) is 0.125. The van der Waals surface area contributed by atoms with Crippen molar-refractivity contribution in [3.63, 3.8) is 0 Å². The van der Waals surface area contributed by atoms with E-state index in [4.69, 9.17) is 14.6 Å². The number of benzene rings is 3. The topological polar surface area (TPSA) is 36.3 Å².